The van der Waals surface area contributed by atoms with Crippen LogP contribution in [0.2, 0.25) is 5.02 Å². The van der Waals surface area contributed by atoms with Gasteiger partial charge >= 0.3 is 0 Å². The van der Waals surface area contributed by atoms with Crippen molar-refractivity contribution in [1.29, 1.82) is 5.26 Å². The average Bonchev–Trinajstić information content (AvgIpc) is 3.06. The Bertz CT molecular complexity index is 813. The summed E-state index contributed by atoms with van der Waals surface area (Å²) in [7, 11) is 0. The first-order valence-electron chi connectivity index (χ1n) is 8.54. The average molecular weight is 357 g/mol. The topological polar surface area (TPSA) is 61.9 Å². The molecule has 130 valence electrons. The molecule has 1 aromatic carbocycles. The van der Waals surface area contributed by atoms with E-state index < -0.39 is 0 Å². The molecule has 1 saturated heterocycles. The predicted molar refractivity (Wildman–Crippen MR) is 96.9 cm³/mol. The summed E-state index contributed by atoms with van der Waals surface area (Å²) >= 11 is 6.10. The van der Waals surface area contributed by atoms with Gasteiger partial charge in [-0.1, -0.05) is 31.5 Å². The third kappa shape index (κ3) is 3.54. The zero-order valence-corrected chi connectivity index (χ0v) is 15.2. The fraction of sp³-hybridized carbons (Fsp3) is 0.421. The van der Waals surface area contributed by atoms with Crippen LogP contribution in [0.25, 0.3) is 5.69 Å². The fourth-order valence-corrected chi connectivity index (χ4v) is 3.46. The van der Waals surface area contributed by atoms with E-state index in [1.807, 2.05) is 29.2 Å². The lowest BCUT2D eigenvalue weighted by Gasteiger charge is -2.29. The van der Waals surface area contributed by atoms with Crippen molar-refractivity contribution in [3.8, 4) is 11.8 Å². The highest BCUT2D eigenvalue weighted by Crippen LogP contribution is 2.27. The highest BCUT2D eigenvalue weighted by Gasteiger charge is 2.28. The molecule has 1 aliphatic heterocycles. The third-order valence-corrected chi connectivity index (χ3v) is 4.84. The second kappa shape index (κ2) is 7.28. The Balaban J connectivity index is 1.92. The lowest BCUT2D eigenvalue weighted by atomic mass is 9.97. The molecule has 0 aliphatic carbocycles. The van der Waals surface area contributed by atoms with Gasteiger partial charge in [0.25, 0.3) is 5.91 Å². The van der Waals surface area contributed by atoms with Gasteiger partial charge in [0, 0.05) is 24.0 Å². The van der Waals surface area contributed by atoms with E-state index in [0.29, 0.717) is 23.7 Å². The summed E-state index contributed by atoms with van der Waals surface area (Å²) < 4.78 is 1.80. The first-order valence-corrected chi connectivity index (χ1v) is 8.91. The van der Waals surface area contributed by atoms with Crippen LogP contribution in [0.1, 0.15) is 48.7 Å². The van der Waals surface area contributed by atoms with Crippen molar-refractivity contribution in [2.75, 3.05) is 13.1 Å². The van der Waals surface area contributed by atoms with Crippen LogP contribution in [0.5, 0.6) is 0 Å². The van der Waals surface area contributed by atoms with Gasteiger partial charge in [-0.15, -0.1) is 0 Å². The zero-order valence-electron chi connectivity index (χ0n) is 14.4. The highest BCUT2D eigenvalue weighted by molar-refractivity contribution is 6.30. The van der Waals surface area contributed by atoms with Crippen LogP contribution in [0.15, 0.2) is 30.5 Å². The Morgan fingerprint density at radius 2 is 2.08 bits per heavy atom. The maximum atomic E-state index is 13.0. The molecule has 1 fully saturated rings. The molecule has 2 heterocycles. The van der Waals surface area contributed by atoms with Gasteiger partial charge in [-0.25, -0.2) is 4.68 Å². The Kier molecular flexibility index (Phi) is 5.10. The number of benzene rings is 1. The largest absolute Gasteiger partial charge is 0.338 e. The number of nitrogens with zero attached hydrogens (tertiary/aromatic N) is 4. The molecule has 0 spiro atoms. The Labute approximate surface area is 152 Å². The molecule has 1 amide bonds. The minimum atomic E-state index is -0.00614. The van der Waals surface area contributed by atoms with E-state index in [1.54, 1.807) is 10.9 Å². The number of hydrogen-bond acceptors (Lipinski definition) is 3. The molecule has 1 aromatic heterocycles. The van der Waals surface area contributed by atoms with Gasteiger partial charge < -0.3 is 4.90 Å². The number of piperidine rings is 1. The summed E-state index contributed by atoms with van der Waals surface area (Å²) in [5.41, 5.74) is 2.36. The van der Waals surface area contributed by atoms with Crippen molar-refractivity contribution in [3.05, 3.63) is 46.7 Å². The normalized spacial score (nSPS) is 15.4. The van der Waals surface area contributed by atoms with Gasteiger partial charge in [0.05, 0.1) is 29.2 Å². The summed E-state index contributed by atoms with van der Waals surface area (Å²) in [6.07, 6.45) is 3.12. The van der Waals surface area contributed by atoms with Gasteiger partial charge in [-0.05, 0) is 37.0 Å². The Morgan fingerprint density at radius 3 is 2.68 bits per heavy atom. The molecule has 25 heavy (non-hydrogen) atoms. The van der Waals surface area contributed by atoms with Crippen molar-refractivity contribution < 1.29 is 4.79 Å². The molecule has 0 unspecified atom stereocenters. The zero-order chi connectivity index (χ0) is 18.0. The van der Waals surface area contributed by atoms with Gasteiger partial charge in [0.1, 0.15) is 0 Å². The second-order valence-corrected chi connectivity index (χ2v) is 7.12. The molecule has 0 N–H and O–H groups in total. The van der Waals surface area contributed by atoms with Crippen molar-refractivity contribution in [1.82, 2.24) is 14.7 Å². The van der Waals surface area contributed by atoms with E-state index in [-0.39, 0.29) is 17.7 Å². The van der Waals surface area contributed by atoms with Crippen molar-refractivity contribution >= 4 is 17.5 Å². The first-order chi connectivity index (χ1) is 12.0. The Morgan fingerprint density at radius 1 is 1.36 bits per heavy atom. The number of nitriles is 1. The lowest BCUT2D eigenvalue weighted by molar-refractivity contribution is 0.0705. The van der Waals surface area contributed by atoms with Crippen LogP contribution >= 0.6 is 11.6 Å². The number of halogens is 1. The first kappa shape index (κ1) is 17.5. The molecule has 2 aromatic rings. The number of carbonyl (C=O) groups is 1. The predicted octanol–water partition coefficient (Wildman–Crippen LogP) is 4.02. The van der Waals surface area contributed by atoms with E-state index in [9.17, 15) is 4.79 Å². The van der Waals surface area contributed by atoms with E-state index >= 15 is 0 Å². The maximum absolute atomic E-state index is 13.0. The lowest BCUT2D eigenvalue weighted by Crippen LogP contribution is -2.38. The van der Waals surface area contributed by atoms with Crippen LogP contribution in [-0.4, -0.2) is 33.7 Å². The molecular formula is C19H21ClN4O. The number of aromatic nitrogens is 2. The van der Waals surface area contributed by atoms with Crippen LogP contribution in [0.3, 0.4) is 0 Å². The van der Waals surface area contributed by atoms with Gasteiger partial charge in [0.15, 0.2) is 0 Å². The number of carbonyl (C=O) groups excluding carboxylic acids is 1. The van der Waals surface area contributed by atoms with Gasteiger partial charge in [-0.2, -0.15) is 10.4 Å². The van der Waals surface area contributed by atoms with E-state index in [4.69, 9.17) is 16.9 Å². The fourth-order valence-electron chi connectivity index (χ4n) is 3.27. The molecule has 6 heteroatoms. The molecule has 0 radical (unpaired) electrons. The third-order valence-electron chi connectivity index (χ3n) is 4.60. The number of likely N-dealkylation sites (tertiary alicyclic amines) is 1. The number of hydrogen-bond donors (Lipinski definition) is 0. The molecule has 1 aliphatic rings. The molecule has 5 nitrogen and oxygen atoms in total. The van der Waals surface area contributed by atoms with Crippen molar-refractivity contribution in [2.45, 2.75) is 32.6 Å². The Hall–Kier alpha value is -2.32. The highest BCUT2D eigenvalue weighted by atomic mass is 35.5. The van der Waals surface area contributed by atoms with E-state index in [1.165, 1.54) is 0 Å². The minimum Gasteiger partial charge on any atom is -0.338 e. The van der Waals surface area contributed by atoms with Crippen LogP contribution in [-0.2, 0) is 0 Å². The monoisotopic (exact) mass is 356 g/mol. The molecular weight excluding hydrogens is 336 g/mol. The van der Waals surface area contributed by atoms with Crippen LogP contribution in [0.4, 0.5) is 0 Å². The number of rotatable bonds is 3. The smallest absolute Gasteiger partial charge is 0.257 e. The molecule has 3 rings (SSSR count). The van der Waals surface area contributed by atoms with Crippen molar-refractivity contribution in [2.24, 2.45) is 5.92 Å². The van der Waals surface area contributed by atoms with Crippen LogP contribution in [0, 0.1) is 17.2 Å². The molecule has 0 saturated carbocycles. The number of amides is 1. The summed E-state index contributed by atoms with van der Waals surface area (Å²) in [6.45, 7) is 5.35. The maximum Gasteiger partial charge on any atom is 0.257 e. The molecule has 0 atom stereocenters. The summed E-state index contributed by atoms with van der Waals surface area (Å²) in [6, 6.07) is 9.75. The standard InChI is InChI=1S/C19H21ClN4O/c1-13(2)18-17(19(25)23-8-6-14(11-21)7-9-23)12-22-24(18)16-5-3-4-15(20)10-16/h3-5,10,12-14H,6-9H2,1-2H3. The van der Waals surface area contributed by atoms with E-state index in [0.717, 1.165) is 24.2 Å². The SMILES string of the molecule is CC(C)c1c(C(=O)N2CCC(C#N)CC2)cnn1-c1cccc(Cl)c1. The minimum absolute atomic E-state index is 0.00614. The summed E-state index contributed by atoms with van der Waals surface area (Å²) in [5.74, 6) is 0.188. The summed E-state index contributed by atoms with van der Waals surface area (Å²) in [4.78, 5) is 14.8. The summed E-state index contributed by atoms with van der Waals surface area (Å²) in [5, 5.41) is 14.1. The van der Waals surface area contributed by atoms with Crippen LogP contribution < -0.4 is 0 Å². The molecule has 0 bridgehead atoms. The van der Waals surface area contributed by atoms with Crippen molar-refractivity contribution in [3.63, 3.8) is 0 Å². The van der Waals surface area contributed by atoms with Gasteiger partial charge in [0.2, 0.25) is 0 Å². The second-order valence-electron chi connectivity index (χ2n) is 6.69. The quantitative estimate of drug-likeness (QED) is 0.834. The van der Waals surface area contributed by atoms with Gasteiger partial charge in [-0.3, -0.25) is 4.79 Å². The van der Waals surface area contributed by atoms with E-state index in [2.05, 4.69) is 25.0 Å².